The van der Waals surface area contributed by atoms with Gasteiger partial charge in [-0.05, 0) is 28.8 Å². The van der Waals surface area contributed by atoms with E-state index in [4.69, 9.17) is 4.98 Å². The number of nitrogens with zero attached hydrogens (tertiary/aromatic N) is 5. The number of aromatic nitrogens is 2. The summed E-state index contributed by atoms with van der Waals surface area (Å²) in [5, 5.41) is 9.93. The molecule has 2 aliphatic rings. The van der Waals surface area contributed by atoms with Crippen molar-refractivity contribution in [1.82, 2.24) is 19.4 Å². The van der Waals surface area contributed by atoms with Crippen molar-refractivity contribution in [3.05, 3.63) is 40.6 Å². The molecule has 1 aliphatic carbocycles. The van der Waals surface area contributed by atoms with Crippen LogP contribution in [0.25, 0.3) is 11.4 Å². The largest absolute Gasteiger partial charge is 0.322 e. The minimum Gasteiger partial charge on any atom is -0.322 e. The summed E-state index contributed by atoms with van der Waals surface area (Å²) in [7, 11) is 2.00. The van der Waals surface area contributed by atoms with Crippen LogP contribution < -0.4 is 0 Å². The maximum atomic E-state index is 9.93. The molecular formula is C21H26BrN5. The molecule has 1 saturated carbocycles. The molecule has 1 unspecified atom stereocenters. The summed E-state index contributed by atoms with van der Waals surface area (Å²) in [6, 6.07) is 13.1. The van der Waals surface area contributed by atoms with Crippen molar-refractivity contribution in [2.75, 3.05) is 26.2 Å². The maximum absolute atomic E-state index is 9.93. The van der Waals surface area contributed by atoms with E-state index >= 15 is 0 Å². The Morgan fingerprint density at radius 2 is 1.78 bits per heavy atom. The summed E-state index contributed by atoms with van der Waals surface area (Å²) in [6.45, 7) is 3.97. The van der Waals surface area contributed by atoms with Crippen LogP contribution in [0.2, 0.25) is 0 Å². The van der Waals surface area contributed by atoms with Crippen LogP contribution in [0.4, 0.5) is 0 Å². The molecular weight excluding hydrogens is 402 g/mol. The molecule has 2 aromatic rings. The van der Waals surface area contributed by atoms with E-state index in [1.54, 1.807) is 0 Å². The second kappa shape index (κ2) is 8.14. The van der Waals surface area contributed by atoms with Crippen LogP contribution >= 0.6 is 15.9 Å². The number of piperazine rings is 1. The topological polar surface area (TPSA) is 48.1 Å². The van der Waals surface area contributed by atoms with Gasteiger partial charge >= 0.3 is 0 Å². The molecule has 1 aromatic carbocycles. The van der Waals surface area contributed by atoms with Gasteiger partial charge in [0.1, 0.15) is 22.2 Å². The van der Waals surface area contributed by atoms with Crippen molar-refractivity contribution in [2.24, 2.45) is 7.05 Å². The van der Waals surface area contributed by atoms with Crippen LogP contribution in [0.1, 0.15) is 37.4 Å². The zero-order valence-electron chi connectivity index (χ0n) is 15.8. The minimum absolute atomic E-state index is 0.311. The van der Waals surface area contributed by atoms with Gasteiger partial charge < -0.3 is 4.57 Å². The van der Waals surface area contributed by atoms with Crippen molar-refractivity contribution < 1.29 is 0 Å². The molecule has 0 amide bonds. The second-order valence-electron chi connectivity index (χ2n) is 7.58. The van der Waals surface area contributed by atoms with Crippen LogP contribution in [0, 0.1) is 11.3 Å². The Hall–Kier alpha value is -1.68. The van der Waals surface area contributed by atoms with Gasteiger partial charge in [0.2, 0.25) is 0 Å². The number of rotatable bonds is 4. The fourth-order valence-electron chi connectivity index (χ4n) is 4.47. The normalized spacial score (nSPS) is 20.6. The number of benzene rings is 1. The zero-order chi connectivity index (χ0) is 18.8. The Balaban J connectivity index is 1.53. The van der Waals surface area contributed by atoms with Crippen LogP contribution in [0.5, 0.6) is 0 Å². The highest BCUT2D eigenvalue weighted by Gasteiger charge is 2.32. The lowest BCUT2D eigenvalue weighted by Gasteiger charge is -2.39. The molecule has 2 fully saturated rings. The van der Waals surface area contributed by atoms with E-state index in [1.165, 1.54) is 25.7 Å². The van der Waals surface area contributed by atoms with Gasteiger partial charge in [-0.25, -0.2) is 4.98 Å². The average Bonchev–Trinajstić information content (AvgIpc) is 3.34. The van der Waals surface area contributed by atoms with Gasteiger partial charge in [0, 0.05) is 44.8 Å². The molecule has 27 heavy (non-hydrogen) atoms. The molecule has 142 valence electrons. The highest BCUT2D eigenvalue weighted by atomic mass is 79.9. The molecule has 0 bridgehead atoms. The number of nitriles is 1. The van der Waals surface area contributed by atoms with Crippen molar-refractivity contribution in [3.8, 4) is 17.5 Å². The standard InChI is InChI=1S/C21H26BrN5/c1-25-20(22)19(24-21(25)16-7-3-2-4-8-16)18(15-23)27-13-11-26(12-14-27)17-9-5-6-10-17/h2-4,7-8,17-18H,5-6,9-14H2,1H3. The van der Waals surface area contributed by atoms with Gasteiger partial charge in [-0.3, -0.25) is 9.80 Å². The summed E-state index contributed by atoms with van der Waals surface area (Å²) in [5.41, 5.74) is 1.89. The lowest BCUT2D eigenvalue weighted by atomic mass is 10.1. The summed E-state index contributed by atoms with van der Waals surface area (Å²) in [6.07, 6.45) is 5.42. The Kier molecular flexibility index (Phi) is 5.63. The molecule has 5 nitrogen and oxygen atoms in total. The molecule has 1 atom stereocenters. The van der Waals surface area contributed by atoms with Gasteiger partial charge in [0.25, 0.3) is 0 Å². The minimum atomic E-state index is -0.311. The smallest absolute Gasteiger partial charge is 0.143 e. The van der Waals surface area contributed by atoms with E-state index in [9.17, 15) is 5.26 Å². The fourth-order valence-corrected chi connectivity index (χ4v) is 4.94. The highest BCUT2D eigenvalue weighted by molar-refractivity contribution is 9.10. The second-order valence-corrected chi connectivity index (χ2v) is 8.33. The van der Waals surface area contributed by atoms with Crippen LogP contribution in [-0.4, -0.2) is 51.6 Å². The Labute approximate surface area is 169 Å². The van der Waals surface area contributed by atoms with Crippen molar-refractivity contribution in [2.45, 2.75) is 37.8 Å². The first-order valence-corrected chi connectivity index (χ1v) is 10.6. The molecule has 0 spiro atoms. The van der Waals surface area contributed by atoms with E-state index in [2.05, 4.69) is 43.9 Å². The number of hydrogen-bond acceptors (Lipinski definition) is 4. The first-order valence-electron chi connectivity index (χ1n) is 9.84. The Morgan fingerprint density at radius 1 is 1.11 bits per heavy atom. The quantitative estimate of drug-likeness (QED) is 0.740. The predicted molar refractivity (Wildman–Crippen MR) is 110 cm³/mol. The number of imidazole rings is 1. The summed E-state index contributed by atoms with van der Waals surface area (Å²) >= 11 is 3.68. The van der Waals surface area contributed by atoms with Crippen LogP contribution in [0.3, 0.4) is 0 Å². The highest BCUT2D eigenvalue weighted by Crippen LogP contribution is 2.32. The van der Waals surface area contributed by atoms with Crippen molar-refractivity contribution in [3.63, 3.8) is 0 Å². The third-order valence-electron chi connectivity index (χ3n) is 6.02. The molecule has 4 rings (SSSR count). The third-order valence-corrected chi connectivity index (χ3v) is 6.96. The number of halogens is 1. The molecule has 1 aliphatic heterocycles. The van der Waals surface area contributed by atoms with E-state index in [1.807, 2.05) is 29.8 Å². The molecule has 6 heteroatoms. The lowest BCUT2D eigenvalue weighted by Crippen LogP contribution is -2.50. The lowest BCUT2D eigenvalue weighted by molar-refractivity contribution is 0.0829. The maximum Gasteiger partial charge on any atom is 0.143 e. The number of hydrogen-bond donors (Lipinski definition) is 0. The van der Waals surface area contributed by atoms with E-state index < -0.39 is 0 Å². The van der Waals surface area contributed by atoms with Crippen molar-refractivity contribution in [1.29, 1.82) is 5.26 Å². The molecule has 1 saturated heterocycles. The summed E-state index contributed by atoms with van der Waals surface area (Å²) in [4.78, 5) is 9.77. The molecule has 1 aromatic heterocycles. The predicted octanol–water partition coefficient (Wildman–Crippen LogP) is 3.97. The van der Waals surface area contributed by atoms with Crippen LogP contribution in [-0.2, 0) is 7.05 Å². The van der Waals surface area contributed by atoms with Gasteiger partial charge in [0.05, 0.1) is 6.07 Å². The third kappa shape index (κ3) is 3.69. The molecule has 0 radical (unpaired) electrons. The first kappa shape index (κ1) is 18.7. The van der Waals surface area contributed by atoms with Gasteiger partial charge in [-0.15, -0.1) is 0 Å². The van der Waals surface area contributed by atoms with Gasteiger partial charge in [-0.2, -0.15) is 5.26 Å². The monoisotopic (exact) mass is 427 g/mol. The Bertz CT molecular complexity index is 811. The summed E-state index contributed by atoms with van der Waals surface area (Å²) in [5.74, 6) is 0.891. The van der Waals surface area contributed by atoms with Gasteiger partial charge in [0.15, 0.2) is 0 Å². The van der Waals surface area contributed by atoms with Crippen LogP contribution in [0.15, 0.2) is 34.9 Å². The van der Waals surface area contributed by atoms with E-state index in [0.717, 1.165) is 53.9 Å². The van der Waals surface area contributed by atoms with Gasteiger partial charge in [-0.1, -0.05) is 43.2 Å². The summed E-state index contributed by atoms with van der Waals surface area (Å²) < 4.78 is 2.93. The molecule has 2 heterocycles. The first-order chi connectivity index (χ1) is 13.2. The molecule has 0 N–H and O–H groups in total. The zero-order valence-corrected chi connectivity index (χ0v) is 17.4. The SMILES string of the molecule is Cn1c(-c2ccccc2)nc(C(C#N)N2CCN(C3CCCC3)CC2)c1Br. The van der Waals surface area contributed by atoms with Crippen molar-refractivity contribution >= 4 is 15.9 Å². The fraction of sp³-hybridized carbons (Fsp3) is 0.524. The Morgan fingerprint density at radius 3 is 2.41 bits per heavy atom. The van der Waals surface area contributed by atoms with E-state index in [-0.39, 0.29) is 6.04 Å². The van der Waals surface area contributed by atoms with E-state index in [0.29, 0.717) is 0 Å². The average molecular weight is 428 g/mol.